The van der Waals surface area contributed by atoms with Crippen LogP contribution in [0.3, 0.4) is 0 Å². The minimum absolute atomic E-state index is 0.832. The van der Waals surface area contributed by atoms with Gasteiger partial charge in [0.2, 0.25) is 0 Å². The molecule has 0 aliphatic carbocycles. The SMILES string of the molecule is CC(C)[Si](C)(CCCN1CCCCC1)C1=NCCS1. The molecular weight excluding hydrogens is 268 g/mol. The standard InChI is InChI=1S/C15H30N2SSi/c1-14(2)19(3,15-16-8-12-18-15)13-7-11-17-9-5-4-6-10-17/h14H,4-13H2,1-3H3. The second-order valence-electron chi connectivity index (χ2n) is 6.61. The summed E-state index contributed by atoms with van der Waals surface area (Å²) in [7, 11) is -1.29. The Morgan fingerprint density at radius 2 is 2.00 bits per heavy atom. The van der Waals surface area contributed by atoms with Gasteiger partial charge < -0.3 is 4.90 Å². The van der Waals surface area contributed by atoms with Crippen molar-refractivity contribution in [2.75, 3.05) is 31.9 Å². The molecule has 2 heterocycles. The van der Waals surface area contributed by atoms with E-state index < -0.39 is 8.07 Å². The van der Waals surface area contributed by atoms with Crippen molar-refractivity contribution in [2.24, 2.45) is 4.99 Å². The molecule has 110 valence electrons. The molecule has 2 aliphatic heterocycles. The monoisotopic (exact) mass is 298 g/mol. The lowest BCUT2D eigenvalue weighted by Crippen LogP contribution is -2.42. The summed E-state index contributed by atoms with van der Waals surface area (Å²) in [5, 5.41) is 0. The van der Waals surface area contributed by atoms with Gasteiger partial charge in [-0.05, 0) is 44.4 Å². The highest BCUT2D eigenvalue weighted by molar-refractivity contribution is 8.18. The third-order valence-corrected chi connectivity index (χ3v) is 12.7. The van der Waals surface area contributed by atoms with Crippen molar-refractivity contribution in [2.45, 2.75) is 57.7 Å². The Hall–Kier alpha value is 0.197. The van der Waals surface area contributed by atoms with E-state index in [9.17, 15) is 0 Å². The van der Waals surface area contributed by atoms with E-state index in [1.165, 1.54) is 57.1 Å². The van der Waals surface area contributed by atoms with Gasteiger partial charge in [-0.3, -0.25) is 4.99 Å². The molecule has 0 spiro atoms. The van der Waals surface area contributed by atoms with E-state index in [1.54, 1.807) is 4.67 Å². The van der Waals surface area contributed by atoms with Crippen molar-refractivity contribution in [3.05, 3.63) is 0 Å². The molecule has 1 unspecified atom stereocenters. The van der Waals surface area contributed by atoms with Crippen LogP contribution in [0.5, 0.6) is 0 Å². The largest absolute Gasteiger partial charge is 0.303 e. The van der Waals surface area contributed by atoms with Crippen molar-refractivity contribution in [1.29, 1.82) is 0 Å². The molecule has 4 heteroatoms. The first-order chi connectivity index (χ1) is 9.13. The number of piperidine rings is 1. The minimum atomic E-state index is -1.29. The van der Waals surface area contributed by atoms with Crippen LogP contribution in [-0.2, 0) is 0 Å². The second-order valence-corrected chi connectivity index (χ2v) is 13.0. The molecular formula is C15H30N2SSi. The van der Waals surface area contributed by atoms with Crippen molar-refractivity contribution < 1.29 is 0 Å². The molecule has 1 fully saturated rings. The lowest BCUT2D eigenvalue weighted by Gasteiger charge is -2.33. The van der Waals surface area contributed by atoms with E-state index in [4.69, 9.17) is 4.99 Å². The van der Waals surface area contributed by atoms with Gasteiger partial charge in [0.15, 0.2) is 0 Å². The van der Waals surface area contributed by atoms with Crippen LogP contribution in [0.4, 0.5) is 0 Å². The molecule has 0 saturated carbocycles. The highest BCUT2D eigenvalue weighted by atomic mass is 32.2. The minimum Gasteiger partial charge on any atom is -0.303 e. The second kappa shape index (κ2) is 7.28. The Kier molecular flexibility index (Phi) is 5.97. The fourth-order valence-corrected chi connectivity index (χ4v) is 9.02. The maximum Gasteiger partial charge on any atom is 0.118 e. The molecule has 2 aliphatic rings. The number of thioether (sulfide) groups is 1. The van der Waals surface area contributed by atoms with Crippen LogP contribution >= 0.6 is 11.8 Å². The molecule has 19 heavy (non-hydrogen) atoms. The first-order valence-corrected chi connectivity index (χ1v) is 11.8. The van der Waals surface area contributed by atoms with Gasteiger partial charge in [-0.2, -0.15) is 0 Å². The van der Waals surface area contributed by atoms with Gasteiger partial charge in [-0.1, -0.05) is 32.9 Å². The maximum atomic E-state index is 4.82. The Bertz CT molecular complexity index is 313. The number of rotatable bonds is 6. The summed E-state index contributed by atoms with van der Waals surface area (Å²) >= 11 is 2.06. The van der Waals surface area contributed by atoms with Crippen LogP contribution in [-0.4, -0.2) is 49.6 Å². The Morgan fingerprint density at radius 3 is 2.58 bits per heavy atom. The normalized spacial score (nSPS) is 24.5. The summed E-state index contributed by atoms with van der Waals surface area (Å²) in [5.41, 5.74) is 0.832. The van der Waals surface area contributed by atoms with Crippen LogP contribution in [0, 0.1) is 0 Å². The fraction of sp³-hybridized carbons (Fsp3) is 0.933. The Balaban J connectivity index is 1.83. The van der Waals surface area contributed by atoms with Crippen molar-refractivity contribution in [3.8, 4) is 0 Å². The van der Waals surface area contributed by atoms with E-state index in [1.807, 2.05) is 0 Å². The van der Waals surface area contributed by atoms with Crippen LogP contribution in [0.1, 0.15) is 39.5 Å². The van der Waals surface area contributed by atoms with E-state index in [2.05, 4.69) is 37.1 Å². The predicted octanol–water partition coefficient (Wildman–Crippen LogP) is 4.04. The highest BCUT2D eigenvalue weighted by Gasteiger charge is 2.37. The van der Waals surface area contributed by atoms with Crippen LogP contribution in [0.2, 0.25) is 18.1 Å². The molecule has 0 radical (unpaired) electrons. The summed E-state index contributed by atoms with van der Waals surface area (Å²) in [6, 6.07) is 1.44. The molecule has 1 atom stereocenters. The zero-order chi connectivity index (χ0) is 13.7. The molecule has 0 bridgehead atoms. The lowest BCUT2D eigenvalue weighted by molar-refractivity contribution is 0.229. The first kappa shape index (κ1) is 15.6. The van der Waals surface area contributed by atoms with Crippen molar-refractivity contribution >= 4 is 24.5 Å². The zero-order valence-corrected chi connectivity index (χ0v) is 14.8. The number of nitrogens with zero attached hydrogens (tertiary/aromatic N) is 2. The van der Waals surface area contributed by atoms with E-state index in [0.29, 0.717) is 0 Å². The topological polar surface area (TPSA) is 15.6 Å². The average molecular weight is 299 g/mol. The van der Waals surface area contributed by atoms with Gasteiger partial charge in [0, 0.05) is 17.0 Å². The van der Waals surface area contributed by atoms with E-state index >= 15 is 0 Å². The average Bonchev–Trinajstić information content (AvgIpc) is 2.94. The third kappa shape index (κ3) is 4.08. The van der Waals surface area contributed by atoms with Gasteiger partial charge in [-0.15, -0.1) is 11.8 Å². The van der Waals surface area contributed by atoms with E-state index in [0.717, 1.165) is 12.1 Å². The highest BCUT2D eigenvalue weighted by Crippen LogP contribution is 2.34. The number of hydrogen-bond acceptors (Lipinski definition) is 3. The zero-order valence-electron chi connectivity index (χ0n) is 13.0. The summed E-state index contributed by atoms with van der Waals surface area (Å²) in [6.07, 6.45) is 5.67. The number of aliphatic imine (C=N–C) groups is 1. The summed E-state index contributed by atoms with van der Waals surface area (Å²) in [6.45, 7) is 12.5. The maximum absolute atomic E-state index is 4.82. The fourth-order valence-electron chi connectivity index (χ4n) is 3.18. The summed E-state index contributed by atoms with van der Waals surface area (Å²) in [5.74, 6) is 1.23. The van der Waals surface area contributed by atoms with Crippen LogP contribution in [0.15, 0.2) is 4.99 Å². The number of likely N-dealkylation sites (tertiary alicyclic amines) is 1. The molecule has 0 aromatic rings. The van der Waals surface area contributed by atoms with Crippen molar-refractivity contribution in [3.63, 3.8) is 0 Å². The van der Waals surface area contributed by atoms with Gasteiger partial charge in [0.05, 0.1) is 0 Å². The molecule has 0 aromatic carbocycles. The Morgan fingerprint density at radius 1 is 1.26 bits per heavy atom. The quantitative estimate of drug-likeness (QED) is 0.688. The molecule has 0 aromatic heterocycles. The first-order valence-electron chi connectivity index (χ1n) is 8.03. The molecule has 2 nitrogen and oxygen atoms in total. The van der Waals surface area contributed by atoms with Gasteiger partial charge in [-0.25, -0.2) is 0 Å². The molecule has 1 saturated heterocycles. The molecule has 2 rings (SSSR count). The van der Waals surface area contributed by atoms with Crippen molar-refractivity contribution in [1.82, 2.24) is 4.90 Å². The van der Waals surface area contributed by atoms with Crippen LogP contribution in [0.25, 0.3) is 0 Å². The van der Waals surface area contributed by atoms with Gasteiger partial charge >= 0.3 is 0 Å². The Labute approximate surface area is 124 Å². The number of hydrogen-bond donors (Lipinski definition) is 0. The smallest absolute Gasteiger partial charge is 0.118 e. The van der Waals surface area contributed by atoms with Gasteiger partial charge in [0.25, 0.3) is 0 Å². The lowest BCUT2D eigenvalue weighted by atomic mass is 10.1. The summed E-state index contributed by atoms with van der Waals surface area (Å²) < 4.78 is 1.57. The molecule has 0 amide bonds. The van der Waals surface area contributed by atoms with Gasteiger partial charge in [0.1, 0.15) is 8.07 Å². The van der Waals surface area contributed by atoms with Crippen LogP contribution < -0.4 is 0 Å². The van der Waals surface area contributed by atoms with E-state index in [-0.39, 0.29) is 0 Å². The summed E-state index contributed by atoms with van der Waals surface area (Å²) in [4.78, 5) is 7.50. The predicted molar refractivity (Wildman–Crippen MR) is 91.2 cm³/mol. The molecule has 0 N–H and O–H groups in total. The third-order valence-electron chi connectivity index (χ3n) is 4.97.